The normalized spacial score (nSPS) is 11.0. The Kier molecular flexibility index (Phi) is 5.50. The molecule has 3 rings (SSSR count). The molecule has 6 heteroatoms. The average molecular weight is 415 g/mol. The molecule has 1 N–H and O–H groups in total. The van der Waals surface area contributed by atoms with Gasteiger partial charge in [-0.2, -0.15) is 5.10 Å². The first kappa shape index (κ1) is 17.6. The van der Waals surface area contributed by atoms with Crippen LogP contribution >= 0.6 is 27.3 Å². The summed E-state index contributed by atoms with van der Waals surface area (Å²) in [5.41, 5.74) is 8.46. The highest BCUT2D eigenvalue weighted by molar-refractivity contribution is 9.10. The largest absolute Gasteiger partial charge is 0.377 e. The molecule has 0 fully saturated rings. The number of hydrogen-bond acceptors (Lipinski definition) is 5. The second-order valence-electron chi connectivity index (χ2n) is 5.88. The maximum absolute atomic E-state index is 4.57. The Balaban J connectivity index is 1.67. The van der Waals surface area contributed by atoms with Gasteiger partial charge in [-0.1, -0.05) is 35.9 Å². The van der Waals surface area contributed by atoms with E-state index in [1.165, 1.54) is 5.56 Å². The van der Waals surface area contributed by atoms with Gasteiger partial charge >= 0.3 is 0 Å². The van der Waals surface area contributed by atoms with E-state index in [0.717, 1.165) is 32.1 Å². The van der Waals surface area contributed by atoms with Crippen LogP contribution in [0.1, 0.15) is 11.1 Å². The number of hydrazone groups is 1. The van der Waals surface area contributed by atoms with Gasteiger partial charge in [0.25, 0.3) is 0 Å². The number of nitrogens with one attached hydrogen (secondary N) is 1. The van der Waals surface area contributed by atoms with E-state index in [2.05, 4.69) is 73.6 Å². The Bertz CT molecular complexity index is 885. The highest BCUT2D eigenvalue weighted by atomic mass is 79.9. The molecule has 0 amide bonds. The standard InChI is InChI=1S/C19H19BrN4S/c1-13-4-7-15(8-5-13)17-12-25-19(22-17)23-21-11-14-6-9-18(24(2)3)16(20)10-14/h4-12H,1-3H3,(H,22,23)/b21-11-. The van der Waals surface area contributed by atoms with Crippen molar-refractivity contribution in [2.24, 2.45) is 5.10 Å². The van der Waals surface area contributed by atoms with E-state index in [1.807, 2.05) is 31.6 Å². The molecule has 1 aromatic heterocycles. The van der Waals surface area contributed by atoms with Gasteiger partial charge in [0.1, 0.15) is 0 Å². The minimum Gasteiger partial charge on any atom is -0.377 e. The lowest BCUT2D eigenvalue weighted by Gasteiger charge is -2.14. The molecule has 0 spiro atoms. The topological polar surface area (TPSA) is 40.5 Å². The Labute approximate surface area is 160 Å². The lowest BCUT2D eigenvalue weighted by molar-refractivity contribution is 1.12. The van der Waals surface area contributed by atoms with Crippen LogP contribution in [0.4, 0.5) is 10.8 Å². The van der Waals surface area contributed by atoms with Gasteiger partial charge < -0.3 is 4.90 Å². The predicted molar refractivity (Wildman–Crippen MR) is 112 cm³/mol. The molecule has 0 radical (unpaired) electrons. The first-order valence-electron chi connectivity index (χ1n) is 7.81. The van der Waals surface area contributed by atoms with Gasteiger partial charge in [0.15, 0.2) is 0 Å². The quantitative estimate of drug-likeness (QED) is 0.449. The van der Waals surface area contributed by atoms with Crippen LogP contribution in [0.2, 0.25) is 0 Å². The minimum atomic E-state index is 0.774. The molecule has 0 bridgehead atoms. The lowest BCUT2D eigenvalue weighted by Crippen LogP contribution is -2.09. The molecule has 0 aliphatic rings. The second kappa shape index (κ2) is 7.80. The fourth-order valence-corrected chi connectivity index (χ4v) is 3.73. The molecule has 25 heavy (non-hydrogen) atoms. The van der Waals surface area contributed by atoms with Crippen molar-refractivity contribution in [3.8, 4) is 11.3 Å². The Morgan fingerprint density at radius 2 is 1.92 bits per heavy atom. The molecule has 3 aromatic rings. The maximum Gasteiger partial charge on any atom is 0.203 e. The van der Waals surface area contributed by atoms with Crippen LogP contribution in [0.25, 0.3) is 11.3 Å². The summed E-state index contributed by atoms with van der Waals surface area (Å²) >= 11 is 5.13. The van der Waals surface area contributed by atoms with Gasteiger partial charge in [0, 0.05) is 29.5 Å². The monoisotopic (exact) mass is 414 g/mol. The Hall–Kier alpha value is -2.18. The summed E-state index contributed by atoms with van der Waals surface area (Å²) in [5, 5.41) is 7.09. The van der Waals surface area contributed by atoms with Crippen molar-refractivity contribution in [2.75, 3.05) is 24.4 Å². The molecular weight excluding hydrogens is 396 g/mol. The van der Waals surface area contributed by atoms with E-state index in [0.29, 0.717) is 0 Å². The predicted octanol–water partition coefficient (Wildman–Crippen LogP) is 5.39. The summed E-state index contributed by atoms with van der Waals surface area (Å²) in [6.45, 7) is 2.08. The van der Waals surface area contributed by atoms with Gasteiger partial charge in [-0.05, 0) is 40.5 Å². The van der Waals surface area contributed by atoms with Gasteiger partial charge in [-0.15, -0.1) is 11.3 Å². The van der Waals surface area contributed by atoms with Crippen molar-refractivity contribution >= 4 is 44.3 Å². The van der Waals surface area contributed by atoms with Crippen LogP contribution in [0.3, 0.4) is 0 Å². The number of hydrogen-bond donors (Lipinski definition) is 1. The minimum absolute atomic E-state index is 0.774. The third-order valence-electron chi connectivity index (χ3n) is 3.68. The summed E-state index contributed by atoms with van der Waals surface area (Å²) in [6, 6.07) is 14.5. The molecule has 128 valence electrons. The van der Waals surface area contributed by atoms with Crippen molar-refractivity contribution in [3.05, 3.63) is 63.4 Å². The summed E-state index contributed by atoms with van der Waals surface area (Å²) in [5.74, 6) is 0. The van der Waals surface area contributed by atoms with Crippen LogP contribution in [-0.2, 0) is 0 Å². The Morgan fingerprint density at radius 1 is 1.16 bits per heavy atom. The Morgan fingerprint density at radius 3 is 2.60 bits per heavy atom. The molecule has 0 saturated carbocycles. The van der Waals surface area contributed by atoms with Gasteiger partial charge in [0.05, 0.1) is 17.6 Å². The average Bonchev–Trinajstić information content (AvgIpc) is 3.04. The smallest absolute Gasteiger partial charge is 0.203 e. The van der Waals surface area contributed by atoms with Crippen LogP contribution in [0, 0.1) is 6.92 Å². The molecule has 0 aliphatic carbocycles. The number of aromatic nitrogens is 1. The number of thiazole rings is 1. The van der Waals surface area contributed by atoms with E-state index >= 15 is 0 Å². The molecule has 1 heterocycles. The summed E-state index contributed by atoms with van der Waals surface area (Å²) in [6.07, 6.45) is 1.79. The zero-order valence-corrected chi connectivity index (χ0v) is 16.7. The van der Waals surface area contributed by atoms with Crippen LogP contribution < -0.4 is 10.3 Å². The highest BCUT2D eigenvalue weighted by Crippen LogP contribution is 2.26. The third-order valence-corrected chi connectivity index (χ3v) is 5.06. The van der Waals surface area contributed by atoms with E-state index in [-0.39, 0.29) is 0 Å². The number of aryl methyl sites for hydroxylation is 1. The molecule has 0 saturated heterocycles. The molecule has 0 unspecified atom stereocenters. The van der Waals surface area contributed by atoms with Crippen LogP contribution in [-0.4, -0.2) is 25.3 Å². The molecule has 2 aromatic carbocycles. The zero-order valence-electron chi connectivity index (χ0n) is 14.3. The second-order valence-corrected chi connectivity index (χ2v) is 7.59. The van der Waals surface area contributed by atoms with E-state index in [9.17, 15) is 0 Å². The SMILES string of the molecule is Cc1ccc(-c2csc(N/N=C\c3ccc(N(C)C)c(Br)c3)n2)cc1. The fourth-order valence-electron chi connectivity index (χ4n) is 2.31. The number of halogens is 1. The van der Waals surface area contributed by atoms with E-state index in [4.69, 9.17) is 0 Å². The zero-order chi connectivity index (χ0) is 17.8. The lowest BCUT2D eigenvalue weighted by atomic mass is 10.1. The van der Waals surface area contributed by atoms with Crippen molar-refractivity contribution in [3.63, 3.8) is 0 Å². The molecular formula is C19H19BrN4S. The first-order valence-corrected chi connectivity index (χ1v) is 9.49. The third kappa shape index (κ3) is 4.46. The van der Waals surface area contributed by atoms with Crippen molar-refractivity contribution in [2.45, 2.75) is 6.92 Å². The number of rotatable bonds is 5. The number of nitrogens with zero attached hydrogens (tertiary/aromatic N) is 3. The van der Waals surface area contributed by atoms with Crippen molar-refractivity contribution in [1.82, 2.24) is 4.98 Å². The van der Waals surface area contributed by atoms with Crippen LogP contribution in [0.15, 0.2) is 57.4 Å². The van der Waals surface area contributed by atoms with Crippen molar-refractivity contribution in [1.29, 1.82) is 0 Å². The summed E-state index contributed by atoms with van der Waals surface area (Å²) in [4.78, 5) is 6.63. The van der Waals surface area contributed by atoms with Gasteiger partial charge in [-0.25, -0.2) is 4.98 Å². The highest BCUT2D eigenvalue weighted by Gasteiger charge is 2.04. The maximum atomic E-state index is 4.57. The summed E-state index contributed by atoms with van der Waals surface area (Å²) in [7, 11) is 4.03. The van der Waals surface area contributed by atoms with Gasteiger partial charge in [-0.3, -0.25) is 5.43 Å². The van der Waals surface area contributed by atoms with E-state index in [1.54, 1.807) is 17.6 Å². The van der Waals surface area contributed by atoms with Crippen LogP contribution in [0.5, 0.6) is 0 Å². The summed E-state index contributed by atoms with van der Waals surface area (Å²) < 4.78 is 1.04. The molecule has 0 aliphatic heterocycles. The first-order chi connectivity index (χ1) is 12.0. The van der Waals surface area contributed by atoms with E-state index < -0.39 is 0 Å². The molecule has 0 atom stereocenters. The van der Waals surface area contributed by atoms with Crippen molar-refractivity contribution < 1.29 is 0 Å². The number of benzene rings is 2. The molecule has 4 nitrogen and oxygen atoms in total. The fraction of sp³-hybridized carbons (Fsp3) is 0.158. The van der Waals surface area contributed by atoms with Gasteiger partial charge in [0.2, 0.25) is 5.13 Å². The number of anilines is 2.